The van der Waals surface area contributed by atoms with Crippen LogP contribution >= 0.6 is 11.6 Å². The van der Waals surface area contributed by atoms with E-state index in [0.29, 0.717) is 11.1 Å². The van der Waals surface area contributed by atoms with Gasteiger partial charge in [0.05, 0.1) is 0 Å². The molecule has 0 saturated heterocycles. The fourth-order valence-corrected chi connectivity index (χ4v) is 1.28. The fraction of sp³-hybridized carbons (Fsp3) is 0.500. The van der Waals surface area contributed by atoms with Gasteiger partial charge in [-0.15, -0.1) is 0 Å². The summed E-state index contributed by atoms with van der Waals surface area (Å²) < 4.78 is 0. The molecule has 13 heavy (non-hydrogen) atoms. The van der Waals surface area contributed by atoms with E-state index < -0.39 is 0 Å². The lowest BCUT2D eigenvalue weighted by Crippen LogP contribution is -2.18. The first kappa shape index (κ1) is 10.5. The highest BCUT2D eigenvalue weighted by atomic mass is 35.5. The van der Waals surface area contributed by atoms with Crippen molar-refractivity contribution in [2.75, 3.05) is 0 Å². The Balaban J connectivity index is 2.77. The average Bonchev–Trinajstić information content (AvgIpc) is 2.17. The molecular weight excluding hydrogens is 184 g/mol. The van der Waals surface area contributed by atoms with Crippen molar-refractivity contribution in [3.8, 4) is 0 Å². The molecule has 3 heteroatoms. The lowest BCUT2D eigenvalue weighted by Gasteiger charge is -2.17. The molecule has 2 unspecified atom stereocenters. The summed E-state index contributed by atoms with van der Waals surface area (Å²) in [5, 5.41) is 0.514. The third-order valence-corrected chi connectivity index (χ3v) is 2.62. The van der Waals surface area contributed by atoms with E-state index in [1.54, 1.807) is 12.3 Å². The quantitative estimate of drug-likeness (QED) is 0.759. The van der Waals surface area contributed by atoms with Gasteiger partial charge in [0.1, 0.15) is 5.15 Å². The van der Waals surface area contributed by atoms with Crippen LogP contribution in [0, 0.1) is 5.92 Å². The molecule has 0 aliphatic rings. The van der Waals surface area contributed by atoms with Gasteiger partial charge in [0, 0.05) is 12.2 Å². The van der Waals surface area contributed by atoms with Crippen molar-refractivity contribution in [3.63, 3.8) is 0 Å². The Bertz CT molecular complexity index is 258. The molecule has 2 N–H and O–H groups in total. The largest absolute Gasteiger partial charge is 0.324 e. The number of pyridine rings is 1. The average molecular weight is 199 g/mol. The Hall–Kier alpha value is -0.600. The molecule has 0 aliphatic heterocycles. The molecule has 0 fully saturated rings. The number of halogens is 1. The van der Waals surface area contributed by atoms with Crippen LogP contribution in [0.5, 0.6) is 0 Å². The summed E-state index contributed by atoms with van der Waals surface area (Å²) in [6.45, 7) is 4.27. The van der Waals surface area contributed by atoms with Gasteiger partial charge >= 0.3 is 0 Å². The van der Waals surface area contributed by atoms with Gasteiger partial charge in [-0.05, 0) is 17.5 Å². The zero-order chi connectivity index (χ0) is 9.84. The van der Waals surface area contributed by atoms with Crippen LogP contribution in [-0.4, -0.2) is 4.98 Å². The van der Waals surface area contributed by atoms with Gasteiger partial charge in [-0.3, -0.25) is 0 Å². The van der Waals surface area contributed by atoms with Crippen molar-refractivity contribution in [1.82, 2.24) is 4.98 Å². The molecular formula is C10H15ClN2. The van der Waals surface area contributed by atoms with Gasteiger partial charge in [-0.25, -0.2) is 4.98 Å². The van der Waals surface area contributed by atoms with Crippen LogP contribution in [-0.2, 0) is 0 Å². The van der Waals surface area contributed by atoms with Crippen molar-refractivity contribution in [1.29, 1.82) is 0 Å². The SMILES string of the molecule is CCC(C)C(N)c1ccc(Cl)nc1. The number of hydrogen-bond donors (Lipinski definition) is 1. The first-order valence-electron chi connectivity index (χ1n) is 4.52. The second kappa shape index (κ2) is 4.58. The van der Waals surface area contributed by atoms with Crippen molar-refractivity contribution >= 4 is 11.6 Å². The van der Waals surface area contributed by atoms with Crippen molar-refractivity contribution < 1.29 is 0 Å². The maximum absolute atomic E-state index is 6.02. The molecule has 0 bridgehead atoms. The molecule has 1 aromatic heterocycles. The molecule has 0 radical (unpaired) electrons. The summed E-state index contributed by atoms with van der Waals surface area (Å²) in [5.74, 6) is 0.475. The first-order valence-corrected chi connectivity index (χ1v) is 4.90. The van der Waals surface area contributed by atoms with Crippen LogP contribution < -0.4 is 5.73 Å². The number of nitrogens with zero attached hydrogens (tertiary/aromatic N) is 1. The lowest BCUT2D eigenvalue weighted by molar-refractivity contribution is 0.456. The van der Waals surface area contributed by atoms with E-state index in [0.717, 1.165) is 12.0 Å². The third-order valence-electron chi connectivity index (χ3n) is 2.39. The molecule has 0 aromatic carbocycles. The summed E-state index contributed by atoms with van der Waals surface area (Å²) in [7, 11) is 0. The minimum Gasteiger partial charge on any atom is -0.324 e. The predicted octanol–water partition coefficient (Wildman–Crippen LogP) is 2.78. The molecule has 0 amide bonds. The van der Waals surface area contributed by atoms with E-state index in [2.05, 4.69) is 18.8 Å². The maximum atomic E-state index is 6.02. The molecule has 2 nitrogen and oxygen atoms in total. The number of aromatic nitrogens is 1. The second-order valence-electron chi connectivity index (χ2n) is 3.33. The zero-order valence-corrected chi connectivity index (χ0v) is 8.75. The van der Waals surface area contributed by atoms with Crippen molar-refractivity contribution in [2.24, 2.45) is 11.7 Å². The Labute approximate surface area is 84.1 Å². The predicted molar refractivity (Wildman–Crippen MR) is 55.6 cm³/mol. The number of nitrogens with two attached hydrogens (primary N) is 1. The summed E-state index contributed by atoms with van der Waals surface area (Å²) >= 11 is 5.68. The Kier molecular flexibility index (Phi) is 3.70. The minimum absolute atomic E-state index is 0.0646. The second-order valence-corrected chi connectivity index (χ2v) is 3.71. The molecule has 72 valence electrons. The van der Waals surface area contributed by atoms with Crippen LogP contribution in [0.2, 0.25) is 5.15 Å². The smallest absolute Gasteiger partial charge is 0.129 e. The maximum Gasteiger partial charge on any atom is 0.129 e. The number of hydrogen-bond acceptors (Lipinski definition) is 2. The van der Waals surface area contributed by atoms with Crippen molar-refractivity contribution in [2.45, 2.75) is 26.3 Å². The van der Waals surface area contributed by atoms with Gasteiger partial charge < -0.3 is 5.73 Å². The summed E-state index contributed by atoms with van der Waals surface area (Å²) in [6.07, 6.45) is 2.82. The molecule has 1 aromatic rings. The third kappa shape index (κ3) is 2.68. The monoisotopic (exact) mass is 198 g/mol. The van der Waals surface area contributed by atoms with Crippen LogP contribution in [0.1, 0.15) is 31.9 Å². The van der Waals surface area contributed by atoms with Gasteiger partial charge in [-0.1, -0.05) is 37.9 Å². The van der Waals surface area contributed by atoms with E-state index in [1.807, 2.05) is 6.07 Å². The Morgan fingerprint density at radius 1 is 1.54 bits per heavy atom. The lowest BCUT2D eigenvalue weighted by atomic mass is 9.95. The van der Waals surface area contributed by atoms with Crippen LogP contribution in [0.3, 0.4) is 0 Å². The van der Waals surface area contributed by atoms with Crippen LogP contribution in [0.15, 0.2) is 18.3 Å². The highest BCUT2D eigenvalue weighted by Crippen LogP contribution is 2.21. The first-order chi connectivity index (χ1) is 6.15. The van der Waals surface area contributed by atoms with E-state index >= 15 is 0 Å². The summed E-state index contributed by atoms with van der Waals surface area (Å²) in [4.78, 5) is 4.00. The van der Waals surface area contributed by atoms with E-state index in [4.69, 9.17) is 17.3 Å². The van der Waals surface area contributed by atoms with Gasteiger partial charge in [0.15, 0.2) is 0 Å². The van der Waals surface area contributed by atoms with Gasteiger partial charge in [0.2, 0.25) is 0 Å². The molecule has 0 saturated carbocycles. The molecule has 2 atom stereocenters. The van der Waals surface area contributed by atoms with Gasteiger partial charge in [-0.2, -0.15) is 0 Å². The minimum atomic E-state index is 0.0646. The Morgan fingerprint density at radius 3 is 2.69 bits per heavy atom. The van der Waals surface area contributed by atoms with Crippen LogP contribution in [0.4, 0.5) is 0 Å². The number of rotatable bonds is 3. The summed E-state index contributed by atoms with van der Waals surface area (Å²) in [5.41, 5.74) is 7.07. The fourth-order valence-electron chi connectivity index (χ4n) is 1.17. The van der Waals surface area contributed by atoms with Gasteiger partial charge in [0.25, 0.3) is 0 Å². The molecule has 0 aliphatic carbocycles. The van der Waals surface area contributed by atoms with Crippen molar-refractivity contribution in [3.05, 3.63) is 29.0 Å². The van der Waals surface area contributed by atoms with E-state index in [9.17, 15) is 0 Å². The van der Waals surface area contributed by atoms with E-state index in [-0.39, 0.29) is 6.04 Å². The highest BCUT2D eigenvalue weighted by molar-refractivity contribution is 6.29. The zero-order valence-electron chi connectivity index (χ0n) is 8.00. The van der Waals surface area contributed by atoms with E-state index in [1.165, 1.54) is 0 Å². The molecule has 1 heterocycles. The molecule has 0 spiro atoms. The topological polar surface area (TPSA) is 38.9 Å². The molecule has 1 rings (SSSR count). The normalized spacial score (nSPS) is 15.4. The standard InChI is InChI=1S/C10H15ClN2/c1-3-7(2)10(12)8-4-5-9(11)13-6-8/h4-7,10H,3,12H2,1-2H3. The Morgan fingerprint density at radius 2 is 2.23 bits per heavy atom. The summed E-state index contributed by atoms with van der Waals surface area (Å²) in [6, 6.07) is 3.78. The highest BCUT2D eigenvalue weighted by Gasteiger charge is 2.12. The van der Waals surface area contributed by atoms with Crippen LogP contribution in [0.25, 0.3) is 0 Å².